The quantitative estimate of drug-likeness (QED) is 0.621. The second-order valence-electron chi connectivity index (χ2n) is 5.24. The number of aromatic hydroxyl groups is 1. The summed E-state index contributed by atoms with van der Waals surface area (Å²) < 4.78 is 0. The molecule has 106 valence electrons. The molecule has 0 spiro atoms. The molecular formula is C13H20N2O4. The largest absolute Gasteiger partial charge is 0.506 e. The monoisotopic (exact) mass is 268 g/mol. The van der Waals surface area contributed by atoms with Crippen molar-refractivity contribution in [2.75, 3.05) is 0 Å². The van der Waals surface area contributed by atoms with E-state index in [0.29, 0.717) is 23.2 Å². The number of carbonyl (C=O) groups is 1. The van der Waals surface area contributed by atoms with E-state index in [0.717, 1.165) is 5.06 Å². The van der Waals surface area contributed by atoms with Crippen LogP contribution in [0.25, 0.3) is 0 Å². The maximum Gasteiger partial charge on any atom is 0.233 e. The second kappa shape index (κ2) is 5.99. The lowest BCUT2D eigenvalue weighted by Crippen LogP contribution is -2.33. The Morgan fingerprint density at radius 2 is 2.11 bits per heavy atom. The van der Waals surface area contributed by atoms with Gasteiger partial charge in [0.2, 0.25) is 6.41 Å². The molecule has 0 fully saturated rings. The number of carbonyl (C=O) groups excluding carboxylic acids is 1. The van der Waals surface area contributed by atoms with Crippen molar-refractivity contribution in [2.24, 2.45) is 0 Å². The van der Waals surface area contributed by atoms with Gasteiger partial charge in [0.05, 0.1) is 24.4 Å². The van der Waals surface area contributed by atoms with Gasteiger partial charge in [0.25, 0.3) is 0 Å². The van der Waals surface area contributed by atoms with Gasteiger partial charge in [0, 0.05) is 17.3 Å². The summed E-state index contributed by atoms with van der Waals surface area (Å²) >= 11 is 0. The highest BCUT2D eigenvalue weighted by atomic mass is 16.7. The number of hydrogen-bond acceptors (Lipinski definition) is 5. The fourth-order valence-electron chi connectivity index (χ4n) is 1.60. The SMILES string of the molecule is Cc1ncc(CO)c(CN(C=O)OC(C)(C)C)c1O. The van der Waals surface area contributed by atoms with Gasteiger partial charge in [-0.3, -0.25) is 14.6 Å². The zero-order chi connectivity index (χ0) is 14.6. The van der Waals surface area contributed by atoms with Gasteiger partial charge in [-0.15, -0.1) is 0 Å². The molecule has 1 heterocycles. The van der Waals surface area contributed by atoms with Crippen molar-refractivity contribution in [1.29, 1.82) is 0 Å². The van der Waals surface area contributed by atoms with Gasteiger partial charge in [-0.1, -0.05) is 0 Å². The molecule has 0 unspecified atom stereocenters. The number of nitrogens with zero attached hydrogens (tertiary/aromatic N) is 2. The number of pyridine rings is 1. The summed E-state index contributed by atoms with van der Waals surface area (Å²) in [7, 11) is 0. The first-order valence-electron chi connectivity index (χ1n) is 5.96. The van der Waals surface area contributed by atoms with E-state index < -0.39 is 5.60 Å². The van der Waals surface area contributed by atoms with Crippen LogP contribution in [0.5, 0.6) is 5.75 Å². The number of aromatic nitrogens is 1. The highest BCUT2D eigenvalue weighted by Crippen LogP contribution is 2.26. The number of hydroxylamine groups is 2. The smallest absolute Gasteiger partial charge is 0.233 e. The fourth-order valence-corrected chi connectivity index (χ4v) is 1.60. The summed E-state index contributed by atoms with van der Waals surface area (Å²) in [4.78, 5) is 20.4. The van der Waals surface area contributed by atoms with Crippen molar-refractivity contribution in [3.8, 4) is 5.75 Å². The Hall–Kier alpha value is -1.66. The third-order valence-electron chi connectivity index (χ3n) is 2.42. The lowest BCUT2D eigenvalue weighted by molar-refractivity contribution is -0.220. The minimum absolute atomic E-state index is 0.0316. The van der Waals surface area contributed by atoms with Crippen molar-refractivity contribution in [1.82, 2.24) is 10.0 Å². The predicted octanol–water partition coefficient (Wildman–Crippen LogP) is 1.28. The molecule has 0 atom stereocenters. The zero-order valence-electron chi connectivity index (χ0n) is 11.7. The Bertz CT molecular complexity index is 455. The van der Waals surface area contributed by atoms with Crippen LogP contribution in [0.1, 0.15) is 37.6 Å². The number of aliphatic hydroxyl groups is 1. The normalized spacial score (nSPS) is 11.4. The molecule has 0 aromatic carbocycles. The molecule has 0 bridgehead atoms. The molecule has 1 aromatic rings. The van der Waals surface area contributed by atoms with Crippen LogP contribution >= 0.6 is 0 Å². The van der Waals surface area contributed by atoms with E-state index in [4.69, 9.17) is 4.84 Å². The molecule has 1 amide bonds. The maximum absolute atomic E-state index is 11.0. The van der Waals surface area contributed by atoms with E-state index in [2.05, 4.69) is 4.98 Å². The molecule has 1 rings (SSSR count). The summed E-state index contributed by atoms with van der Waals surface area (Å²) in [5, 5.41) is 20.3. The predicted molar refractivity (Wildman–Crippen MR) is 69.0 cm³/mol. The molecule has 0 aliphatic rings. The van der Waals surface area contributed by atoms with Gasteiger partial charge in [0.1, 0.15) is 5.75 Å². The minimum Gasteiger partial charge on any atom is -0.506 e. The minimum atomic E-state index is -0.530. The highest BCUT2D eigenvalue weighted by Gasteiger charge is 2.20. The highest BCUT2D eigenvalue weighted by molar-refractivity contribution is 5.48. The Morgan fingerprint density at radius 3 is 2.58 bits per heavy atom. The zero-order valence-corrected chi connectivity index (χ0v) is 11.7. The Balaban J connectivity index is 3.02. The maximum atomic E-state index is 11.0. The molecule has 0 saturated heterocycles. The standard InChI is InChI=1S/C13H20N2O4/c1-9-12(18)11(10(7-16)5-14-9)6-15(8-17)19-13(2,3)4/h5,8,16,18H,6-7H2,1-4H3. The van der Waals surface area contributed by atoms with E-state index in [9.17, 15) is 15.0 Å². The number of amides is 1. The Kier molecular flexibility index (Phi) is 4.85. The number of rotatable bonds is 5. The van der Waals surface area contributed by atoms with Crippen molar-refractivity contribution in [3.63, 3.8) is 0 Å². The fraction of sp³-hybridized carbons (Fsp3) is 0.538. The van der Waals surface area contributed by atoms with Gasteiger partial charge < -0.3 is 10.2 Å². The lowest BCUT2D eigenvalue weighted by Gasteiger charge is -2.27. The second-order valence-corrected chi connectivity index (χ2v) is 5.24. The Labute approximate surface area is 112 Å². The summed E-state index contributed by atoms with van der Waals surface area (Å²) in [6.45, 7) is 6.87. The van der Waals surface area contributed by atoms with Gasteiger partial charge in [-0.25, -0.2) is 5.06 Å². The molecule has 0 radical (unpaired) electrons. The lowest BCUT2D eigenvalue weighted by atomic mass is 10.1. The molecule has 0 saturated carbocycles. The van der Waals surface area contributed by atoms with Crippen LogP contribution < -0.4 is 0 Å². The number of aryl methyl sites for hydroxylation is 1. The number of aliphatic hydroxyl groups excluding tert-OH is 1. The summed E-state index contributed by atoms with van der Waals surface area (Å²) in [5.41, 5.74) is 0.811. The van der Waals surface area contributed by atoms with Crippen molar-refractivity contribution < 1.29 is 19.8 Å². The molecule has 6 nitrogen and oxygen atoms in total. The van der Waals surface area contributed by atoms with Gasteiger partial charge in [-0.05, 0) is 27.7 Å². The van der Waals surface area contributed by atoms with E-state index in [1.165, 1.54) is 6.20 Å². The number of hydrogen-bond donors (Lipinski definition) is 2. The molecular weight excluding hydrogens is 248 g/mol. The Morgan fingerprint density at radius 1 is 1.47 bits per heavy atom. The van der Waals surface area contributed by atoms with E-state index in [-0.39, 0.29) is 18.9 Å². The van der Waals surface area contributed by atoms with Crippen LogP contribution in [-0.4, -0.2) is 32.3 Å². The van der Waals surface area contributed by atoms with Crippen molar-refractivity contribution in [3.05, 3.63) is 23.0 Å². The summed E-state index contributed by atoms with van der Waals surface area (Å²) in [6, 6.07) is 0. The van der Waals surface area contributed by atoms with Crippen LogP contribution in [0.15, 0.2) is 6.20 Å². The van der Waals surface area contributed by atoms with E-state index >= 15 is 0 Å². The molecule has 1 aromatic heterocycles. The first-order chi connectivity index (χ1) is 8.78. The molecule has 0 aliphatic heterocycles. The van der Waals surface area contributed by atoms with E-state index in [1.54, 1.807) is 6.92 Å². The summed E-state index contributed by atoms with van der Waals surface area (Å²) in [5.74, 6) is -0.0316. The first-order valence-corrected chi connectivity index (χ1v) is 5.96. The van der Waals surface area contributed by atoms with Gasteiger partial charge in [-0.2, -0.15) is 0 Å². The van der Waals surface area contributed by atoms with Crippen LogP contribution in [0.4, 0.5) is 0 Å². The third kappa shape index (κ3) is 4.18. The molecule has 6 heteroatoms. The van der Waals surface area contributed by atoms with Crippen molar-refractivity contribution >= 4 is 6.41 Å². The third-order valence-corrected chi connectivity index (χ3v) is 2.42. The topological polar surface area (TPSA) is 82.9 Å². The van der Waals surface area contributed by atoms with Crippen LogP contribution in [0.2, 0.25) is 0 Å². The van der Waals surface area contributed by atoms with Crippen LogP contribution in [0, 0.1) is 6.92 Å². The van der Waals surface area contributed by atoms with Crippen molar-refractivity contribution in [2.45, 2.75) is 46.4 Å². The molecule has 19 heavy (non-hydrogen) atoms. The van der Waals surface area contributed by atoms with Gasteiger partial charge in [0.15, 0.2) is 0 Å². The molecule has 2 N–H and O–H groups in total. The molecule has 0 aliphatic carbocycles. The van der Waals surface area contributed by atoms with E-state index in [1.807, 2.05) is 20.8 Å². The van der Waals surface area contributed by atoms with Crippen LogP contribution in [0.3, 0.4) is 0 Å². The van der Waals surface area contributed by atoms with Crippen LogP contribution in [-0.2, 0) is 22.8 Å². The average Bonchev–Trinajstić information content (AvgIpc) is 2.32. The summed E-state index contributed by atoms with van der Waals surface area (Å²) in [6.07, 6.45) is 2.02. The average molecular weight is 268 g/mol. The first kappa shape index (κ1) is 15.4. The van der Waals surface area contributed by atoms with Gasteiger partial charge >= 0.3 is 0 Å².